The van der Waals surface area contributed by atoms with Gasteiger partial charge in [-0.25, -0.2) is 0 Å². The van der Waals surface area contributed by atoms with Crippen molar-refractivity contribution in [1.82, 2.24) is 10.2 Å². The molecule has 1 saturated heterocycles. The second-order valence-electron chi connectivity index (χ2n) is 5.70. The first-order valence-corrected chi connectivity index (χ1v) is 7.81. The Kier molecular flexibility index (Phi) is 5.81. The van der Waals surface area contributed by atoms with E-state index >= 15 is 0 Å². The summed E-state index contributed by atoms with van der Waals surface area (Å²) in [5.74, 6) is 0.642. The fourth-order valence-corrected chi connectivity index (χ4v) is 2.67. The first-order chi connectivity index (χ1) is 10.6. The third kappa shape index (κ3) is 4.48. The molecule has 0 spiro atoms. The van der Waals surface area contributed by atoms with E-state index in [0.29, 0.717) is 0 Å². The number of rotatable bonds is 5. The van der Waals surface area contributed by atoms with E-state index in [9.17, 15) is 9.59 Å². The maximum absolute atomic E-state index is 12.3. The van der Waals surface area contributed by atoms with Crippen LogP contribution in [0.5, 0.6) is 5.75 Å². The molecule has 1 aliphatic heterocycles. The maximum atomic E-state index is 12.3. The second kappa shape index (κ2) is 7.82. The van der Waals surface area contributed by atoms with Gasteiger partial charge in [-0.05, 0) is 43.9 Å². The topological polar surface area (TPSA) is 58.6 Å². The molecular formula is C17H24N2O3. The number of carbonyl (C=O) groups excluding carboxylic acids is 2. The van der Waals surface area contributed by atoms with Crippen LogP contribution < -0.4 is 10.1 Å². The zero-order valence-electron chi connectivity index (χ0n) is 13.3. The van der Waals surface area contributed by atoms with Crippen molar-refractivity contribution in [2.75, 3.05) is 20.2 Å². The van der Waals surface area contributed by atoms with E-state index < -0.39 is 6.04 Å². The quantitative estimate of drug-likeness (QED) is 0.901. The minimum Gasteiger partial charge on any atom is -0.497 e. The minimum atomic E-state index is -0.469. The molecule has 1 fully saturated rings. The van der Waals surface area contributed by atoms with Crippen LogP contribution in [0.4, 0.5) is 0 Å². The lowest BCUT2D eigenvalue weighted by Gasteiger charge is -2.29. The van der Waals surface area contributed by atoms with Crippen LogP contribution in [0.3, 0.4) is 0 Å². The van der Waals surface area contributed by atoms with Crippen molar-refractivity contribution in [2.24, 2.45) is 0 Å². The summed E-state index contributed by atoms with van der Waals surface area (Å²) in [6.07, 6.45) is 3.56. The second-order valence-corrected chi connectivity index (χ2v) is 5.70. The summed E-state index contributed by atoms with van der Waals surface area (Å²) >= 11 is 0. The first-order valence-electron chi connectivity index (χ1n) is 7.81. The Morgan fingerprint density at radius 1 is 1.18 bits per heavy atom. The molecule has 2 amide bonds. The van der Waals surface area contributed by atoms with Gasteiger partial charge in [0.2, 0.25) is 11.8 Å². The average molecular weight is 304 g/mol. The predicted octanol–water partition coefficient (Wildman–Crippen LogP) is 1.75. The van der Waals surface area contributed by atoms with E-state index in [1.807, 2.05) is 29.2 Å². The van der Waals surface area contributed by atoms with Gasteiger partial charge >= 0.3 is 0 Å². The number of methoxy groups -OCH3 is 1. The van der Waals surface area contributed by atoms with Crippen LogP contribution in [-0.2, 0) is 16.0 Å². The van der Waals surface area contributed by atoms with Gasteiger partial charge in [-0.1, -0.05) is 12.1 Å². The Bertz CT molecular complexity index is 507. The molecule has 0 radical (unpaired) electrons. The van der Waals surface area contributed by atoms with Crippen molar-refractivity contribution in [3.05, 3.63) is 29.8 Å². The summed E-state index contributed by atoms with van der Waals surface area (Å²) < 4.78 is 5.09. The Labute approximate surface area is 131 Å². The third-order valence-electron chi connectivity index (χ3n) is 3.94. The predicted molar refractivity (Wildman–Crippen MR) is 84.7 cm³/mol. The molecule has 0 saturated carbocycles. The molecular weight excluding hydrogens is 280 g/mol. The summed E-state index contributed by atoms with van der Waals surface area (Å²) in [5, 5.41) is 2.79. The molecule has 22 heavy (non-hydrogen) atoms. The molecule has 5 nitrogen and oxygen atoms in total. The number of piperidine rings is 1. The molecule has 2 rings (SSSR count). The molecule has 0 bridgehead atoms. The van der Waals surface area contributed by atoms with E-state index in [0.717, 1.165) is 37.2 Å². The normalized spacial score (nSPS) is 16.0. The molecule has 1 aromatic carbocycles. The standard InChI is InChI=1S/C17H24N2O3/c1-13(17(21)19-10-4-3-5-11-19)18-16(20)12-14-6-8-15(22-2)9-7-14/h6-9,13H,3-5,10-12H2,1-2H3,(H,18,20)/t13-/m0/s1. The molecule has 1 aliphatic rings. The number of benzene rings is 1. The number of ether oxygens (including phenoxy) is 1. The van der Waals surface area contributed by atoms with E-state index in [2.05, 4.69) is 5.32 Å². The highest BCUT2D eigenvalue weighted by atomic mass is 16.5. The molecule has 1 N–H and O–H groups in total. The highest BCUT2D eigenvalue weighted by Crippen LogP contribution is 2.12. The van der Waals surface area contributed by atoms with Crippen LogP contribution >= 0.6 is 0 Å². The Morgan fingerprint density at radius 2 is 1.82 bits per heavy atom. The van der Waals surface area contributed by atoms with Gasteiger partial charge in [-0.15, -0.1) is 0 Å². The van der Waals surface area contributed by atoms with Gasteiger partial charge < -0.3 is 15.0 Å². The fraction of sp³-hybridized carbons (Fsp3) is 0.529. The molecule has 120 valence electrons. The third-order valence-corrected chi connectivity index (χ3v) is 3.94. The van der Waals surface area contributed by atoms with Gasteiger partial charge in [0.1, 0.15) is 11.8 Å². The van der Waals surface area contributed by atoms with Crippen LogP contribution in [0, 0.1) is 0 Å². The van der Waals surface area contributed by atoms with Gasteiger partial charge in [-0.2, -0.15) is 0 Å². The summed E-state index contributed by atoms with van der Waals surface area (Å²) in [6.45, 7) is 3.36. The Hall–Kier alpha value is -2.04. The molecule has 0 unspecified atom stereocenters. The fourth-order valence-electron chi connectivity index (χ4n) is 2.67. The van der Waals surface area contributed by atoms with Crippen molar-refractivity contribution in [3.8, 4) is 5.75 Å². The van der Waals surface area contributed by atoms with Crippen molar-refractivity contribution in [3.63, 3.8) is 0 Å². The molecule has 5 heteroatoms. The summed E-state index contributed by atoms with van der Waals surface area (Å²) in [4.78, 5) is 26.2. The van der Waals surface area contributed by atoms with Crippen molar-refractivity contribution in [1.29, 1.82) is 0 Å². The van der Waals surface area contributed by atoms with Gasteiger partial charge in [-0.3, -0.25) is 9.59 Å². The number of amides is 2. The maximum Gasteiger partial charge on any atom is 0.244 e. The van der Waals surface area contributed by atoms with Crippen LogP contribution in [0.15, 0.2) is 24.3 Å². The summed E-state index contributed by atoms with van der Waals surface area (Å²) in [6, 6.07) is 6.89. The Balaban J connectivity index is 1.83. The lowest BCUT2D eigenvalue weighted by Crippen LogP contribution is -2.48. The summed E-state index contributed by atoms with van der Waals surface area (Å²) in [7, 11) is 1.61. The number of carbonyl (C=O) groups is 2. The van der Waals surface area contributed by atoms with Gasteiger partial charge in [0, 0.05) is 13.1 Å². The molecule has 1 atom stereocenters. The van der Waals surface area contributed by atoms with E-state index in [1.54, 1.807) is 14.0 Å². The van der Waals surface area contributed by atoms with E-state index in [1.165, 1.54) is 6.42 Å². The van der Waals surface area contributed by atoms with Crippen molar-refractivity contribution < 1.29 is 14.3 Å². The monoisotopic (exact) mass is 304 g/mol. The van der Waals surface area contributed by atoms with Crippen molar-refractivity contribution >= 4 is 11.8 Å². The minimum absolute atomic E-state index is 0.0165. The zero-order valence-corrected chi connectivity index (χ0v) is 13.3. The number of likely N-dealkylation sites (tertiary alicyclic amines) is 1. The number of nitrogens with one attached hydrogen (secondary N) is 1. The van der Waals surface area contributed by atoms with Crippen molar-refractivity contribution in [2.45, 2.75) is 38.6 Å². The smallest absolute Gasteiger partial charge is 0.244 e. The highest BCUT2D eigenvalue weighted by molar-refractivity contribution is 5.88. The average Bonchev–Trinajstić information content (AvgIpc) is 2.55. The molecule has 1 heterocycles. The van der Waals surface area contributed by atoms with Gasteiger partial charge in [0.15, 0.2) is 0 Å². The number of nitrogens with zero attached hydrogens (tertiary/aromatic N) is 1. The van der Waals surface area contributed by atoms with E-state index in [4.69, 9.17) is 4.74 Å². The van der Waals surface area contributed by atoms with Crippen LogP contribution in [0.1, 0.15) is 31.7 Å². The van der Waals surface area contributed by atoms with Gasteiger partial charge in [0.05, 0.1) is 13.5 Å². The summed E-state index contributed by atoms with van der Waals surface area (Å²) in [5.41, 5.74) is 0.899. The lowest BCUT2D eigenvalue weighted by atomic mass is 10.1. The highest BCUT2D eigenvalue weighted by Gasteiger charge is 2.23. The van der Waals surface area contributed by atoms with E-state index in [-0.39, 0.29) is 18.2 Å². The SMILES string of the molecule is COc1ccc(CC(=O)N[C@@H](C)C(=O)N2CCCCC2)cc1. The largest absolute Gasteiger partial charge is 0.497 e. The number of hydrogen-bond acceptors (Lipinski definition) is 3. The van der Waals surface area contributed by atoms with Crippen LogP contribution in [0.25, 0.3) is 0 Å². The van der Waals surface area contributed by atoms with Gasteiger partial charge in [0.25, 0.3) is 0 Å². The lowest BCUT2D eigenvalue weighted by molar-refractivity contribution is -0.136. The number of hydrogen-bond donors (Lipinski definition) is 1. The Morgan fingerprint density at radius 3 is 2.41 bits per heavy atom. The zero-order chi connectivity index (χ0) is 15.9. The molecule has 1 aromatic rings. The first kappa shape index (κ1) is 16.3. The van der Waals surface area contributed by atoms with Crippen LogP contribution in [0.2, 0.25) is 0 Å². The molecule has 0 aliphatic carbocycles. The van der Waals surface area contributed by atoms with Crippen LogP contribution in [-0.4, -0.2) is 43.0 Å². The molecule has 0 aromatic heterocycles.